The zero-order chi connectivity index (χ0) is 34.0. The predicted octanol–water partition coefficient (Wildman–Crippen LogP) is 5.51. The van der Waals surface area contributed by atoms with E-state index in [2.05, 4.69) is 0 Å². The Kier molecular flexibility index (Phi) is 10.4. The summed E-state index contributed by atoms with van der Waals surface area (Å²) >= 11 is 12.5. The number of amides is 3. The van der Waals surface area contributed by atoms with Crippen molar-refractivity contribution < 1.29 is 32.2 Å². The van der Waals surface area contributed by atoms with E-state index in [9.17, 15) is 23.1 Å². The van der Waals surface area contributed by atoms with Gasteiger partial charge in [-0.2, -0.15) is 0 Å². The minimum atomic E-state index is -4.11. The van der Waals surface area contributed by atoms with Crippen LogP contribution in [0.2, 0.25) is 10.0 Å². The standard InChI is InChI=1S/C33H35Cl2FN4O6S/c1-4-46-27-18-26(36)28(47(44,45)20(2)3)17-25(27)32-37-30(21-5-9-23(34)10-6-21)31(22-7-11-24(35)12-8-22)40(32)33(43)39-14-13-38(15-16-41)29(42)19-39/h5-12,17-18,20,30-31,41H,4,13-16,19H2,1-3H3. The fourth-order valence-electron chi connectivity index (χ4n) is 5.69. The number of hydrogen-bond donors (Lipinski definition) is 1. The lowest BCUT2D eigenvalue weighted by Crippen LogP contribution is -2.56. The van der Waals surface area contributed by atoms with Crippen LogP contribution in [0.1, 0.15) is 49.5 Å². The molecule has 250 valence electrons. The van der Waals surface area contributed by atoms with Gasteiger partial charge in [0.15, 0.2) is 9.84 Å². The number of carbonyl (C=O) groups excluding carboxylic acids is 2. The number of aliphatic hydroxyl groups is 1. The lowest BCUT2D eigenvalue weighted by Gasteiger charge is -2.38. The molecule has 10 nitrogen and oxygen atoms in total. The summed E-state index contributed by atoms with van der Waals surface area (Å²) in [4.78, 5) is 36.4. The average Bonchev–Trinajstić information content (AvgIpc) is 3.42. The van der Waals surface area contributed by atoms with E-state index in [1.807, 2.05) is 0 Å². The van der Waals surface area contributed by atoms with Gasteiger partial charge >= 0.3 is 6.03 Å². The molecule has 2 aliphatic rings. The summed E-state index contributed by atoms with van der Waals surface area (Å²) in [5, 5.41) is 9.42. The second-order valence-electron chi connectivity index (χ2n) is 11.4. The molecule has 0 aromatic heterocycles. The molecule has 0 spiro atoms. The normalized spacial score (nSPS) is 18.6. The SMILES string of the molecule is CCOc1cc(F)c(S(=O)(=O)C(C)C)cc1C1=NC(c2ccc(Cl)cc2)C(c2ccc(Cl)cc2)N1C(=O)N1CCN(CCO)C(=O)C1. The van der Waals surface area contributed by atoms with Crippen molar-refractivity contribution in [2.45, 2.75) is 43.0 Å². The van der Waals surface area contributed by atoms with Crippen LogP contribution in [0.4, 0.5) is 9.18 Å². The molecule has 0 bridgehead atoms. The maximum atomic E-state index is 15.5. The van der Waals surface area contributed by atoms with Gasteiger partial charge in [0.2, 0.25) is 5.91 Å². The highest BCUT2D eigenvalue weighted by molar-refractivity contribution is 7.92. The fraction of sp³-hybridized carbons (Fsp3) is 0.364. The van der Waals surface area contributed by atoms with Crippen LogP contribution in [0.15, 0.2) is 70.6 Å². The van der Waals surface area contributed by atoms with Crippen LogP contribution < -0.4 is 4.74 Å². The summed E-state index contributed by atoms with van der Waals surface area (Å²) in [5.41, 5.74) is 1.45. The topological polar surface area (TPSA) is 120 Å². The molecule has 2 heterocycles. The first-order chi connectivity index (χ1) is 22.4. The van der Waals surface area contributed by atoms with Gasteiger partial charge in [-0.25, -0.2) is 17.6 Å². The third kappa shape index (κ3) is 6.96. The van der Waals surface area contributed by atoms with Crippen molar-refractivity contribution in [2.75, 3.05) is 39.4 Å². The van der Waals surface area contributed by atoms with E-state index >= 15 is 4.39 Å². The monoisotopic (exact) mass is 704 g/mol. The number of hydrogen-bond acceptors (Lipinski definition) is 7. The Morgan fingerprint density at radius 2 is 1.66 bits per heavy atom. The Morgan fingerprint density at radius 1 is 1.04 bits per heavy atom. The zero-order valence-corrected chi connectivity index (χ0v) is 28.4. The van der Waals surface area contributed by atoms with Crippen LogP contribution in [-0.4, -0.2) is 90.6 Å². The van der Waals surface area contributed by atoms with Crippen LogP contribution in [0.5, 0.6) is 5.75 Å². The predicted molar refractivity (Wildman–Crippen MR) is 177 cm³/mol. The highest BCUT2D eigenvalue weighted by atomic mass is 35.5. The number of halogens is 3. The van der Waals surface area contributed by atoms with E-state index < -0.39 is 43.9 Å². The number of benzene rings is 3. The van der Waals surface area contributed by atoms with Crippen molar-refractivity contribution >= 4 is 50.8 Å². The maximum absolute atomic E-state index is 15.5. The highest BCUT2D eigenvalue weighted by Crippen LogP contribution is 2.46. The molecule has 3 aromatic carbocycles. The first kappa shape index (κ1) is 34.6. The van der Waals surface area contributed by atoms with Crippen LogP contribution >= 0.6 is 23.2 Å². The number of amidine groups is 1. The van der Waals surface area contributed by atoms with Gasteiger partial charge in [0.05, 0.1) is 30.1 Å². The van der Waals surface area contributed by atoms with Crippen LogP contribution in [0.3, 0.4) is 0 Å². The lowest BCUT2D eigenvalue weighted by molar-refractivity contribution is -0.135. The Hall–Kier alpha value is -3.71. The Morgan fingerprint density at radius 3 is 2.21 bits per heavy atom. The third-order valence-corrected chi connectivity index (χ3v) is 10.8. The smallest absolute Gasteiger partial charge is 0.326 e. The third-order valence-electron chi connectivity index (χ3n) is 8.16. The quantitative estimate of drug-likeness (QED) is 0.314. The second kappa shape index (κ2) is 14.2. The molecule has 0 aliphatic carbocycles. The highest BCUT2D eigenvalue weighted by Gasteiger charge is 2.46. The molecule has 1 fully saturated rings. The van der Waals surface area contributed by atoms with Crippen molar-refractivity contribution in [3.05, 3.63) is 93.2 Å². The molecule has 0 radical (unpaired) electrons. The van der Waals surface area contributed by atoms with Gasteiger partial charge in [-0.15, -0.1) is 0 Å². The van der Waals surface area contributed by atoms with Gasteiger partial charge in [0.25, 0.3) is 0 Å². The van der Waals surface area contributed by atoms with Crippen molar-refractivity contribution in [1.29, 1.82) is 0 Å². The Labute approximate surface area is 283 Å². The summed E-state index contributed by atoms with van der Waals surface area (Å²) in [5.74, 6) is -1.28. The number of nitrogens with zero attached hydrogens (tertiary/aromatic N) is 4. The zero-order valence-electron chi connectivity index (χ0n) is 26.1. The number of rotatable bonds is 9. The number of urea groups is 1. The van der Waals surface area contributed by atoms with E-state index in [1.54, 1.807) is 55.5 Å². The number of ether oxygens (including phenoxy) is 1. The van der Waals surface area contributed by atoms with Gasteiger partial charge in [0, 0.05) is 35.7 Å². The molecule has 1 saturated heterocycles. The summed E-state index contributed by atoms with van der Waals surface area (Å²) in [6.07, 6.45) is 0. The van der Waals surface area contributed by atoms with Crippen molar-refractivity contribution in [3.63, 3.8) is 0 Å². The molecular weight excluding hydrogens is 670 g/mol. The van der Waals surface area contributed by atoms with E-state index in [4.69, 9.17) is 32.9 Å². The molecule has 0 saturated carbocycles. The minimum Gasteiger partial charge on any atom is -0.493 e. The van der Waals surface area contributed by atoms with Crippen molar-refractivity contribution in [3.8, 4) is 5.75 Å². The molecule has 14 heteroatoms. The maximum Gasteiger partial charge on any atom is 0.326 e. The largest absolute Gasteiger partial charge is 0.493 e. The molecule has 2 aliphatic heterocycles. The van der Waals surface area contributed by atoms with Crippen molar-refractivity contribution in [1.82, 2.24) is 14.7 Å². The van der Waals surface area contributed by atoms with Crippen LogP contribution in [0, 0.1) is 5.82 Å². The summed E-state index contributed by atoms with van der Waals surface area (Å²) in [6.45, 7) is 4.77. The molecule has 3 amide bonds. The number of sulfone groups is 1. The van der Waals surface area contributed by atoms with Gasteiger partial charge in [-0.1, -0.05) is 47.5 Å². The van der Waals surface area contributed by atoms with E-state index in [1.165, 1.54) is 34.6 Å². The van der Waals surface area contributed by atoms with Crippen LogP contribution in [-0.2, 0) is 14.6 Å². The summed E-state index contributed by atoms with van der Waals surface area (Å²) in [7, 11) is -4.11. The van der Waals surface area contributed by atoms with Crippen molar-refractivity contribution in [2.24, 2.45) is 4.99 Å². The molecule has 2 atom stereocenters. The first-order valence-corrected chi connectivity index (χ1v) is 17.4. The lowest BCUT2D eigenvalue weighted by atomic mass is 9.93. The second-order valence-corrected chi connectivity index (χ2v) is 14.8. The molecule has 3 aromatic rings. The Balaban J connectivity index is 1.74. The summed E-state index contributed by atoms with van der Waals surface area (Å²) < 4.78 is 47.9. The molecule has 47 heavy (non-hydrogen) atoms. The first-order valence-electron chi connectivity index (χ1n) is 15.1. The minimum absolute atomic E-state index is 0.000269. The summed E-state index contributed by atoms with van der Waals surface area (Å²) in [6, 6.07) is 13.9. The number of β-amino-alcohol motifs (C(OH)–C–C–N with tert-alkyl or cyclic N) is 1. The van der Waals surface area contributed by atoms with Gasteiger partial charge < -0.3 is 19.6 Å². The number of aliphatic hydroxyl groups excluding tert-OH is 1. The number of carbonyl (C=O) groups is 2. The number of piperazine rings is 1. The average molecular weight is 706 g/mol. The van der Waals surface area contributed by atoms with Gasteiger partial charge in [-0.05, 0) is 62.2 Å². The van der Waals surface area contributed by atoms with E-state index in [-0.39, 0.29) is 62.4 Å². The Bertz CT molecular complexity index is 1790. The van der Waals surface area contributed by atoms with E-state index in [0.717, 1.165) is 6.07 Å². The fourth-order valence-corrected chi connectivity index (χ4v) is 7.07. The number of aliphatic imine (C=N–C) groups is 1. The molecule has 2 unspecified atom stereocenters. The van der Waals surface area contributed by atoms with E-state index in [0.29, 0.717) is 21.2 Å². The molecule has 1 N–H and O–H groups in total. The van der Waals surface area contributed by atoms with Gasteiger partial charge in [-0.3, -0.25) is 14.7 Å². The van der Waals surface area contributed by atoms with Gasteiger partial charge in [0.1, 0.15) is 34.9 Å². The molecular formula is C33H35Cl2FN4O6S. The molecule has 5 rings (SSSR count). The van der Waals surface area contributed by atoms with Crippen LogP contribution in [0.25, 0.3) is 0 Å².